The van der Waals surface area contributed by atoms with Crippen LogP contribution in [0.3, 0.4) is 0 Å². The number of aliphatic carboxylic acids is 1. The van der Waals surface area contributed by atoms with E-state index in [1.807, 2.05) is 0 Å². The van der Waals surface area contributed by atoms with Gasteiger partial charge in [-0.25, -0.2) is 4.79 Å². The number of carbonyl (C=O) groups is 1. The lowest BCUT2D eigenvalue weighted by Crippen LogP contribution is -2.38. The van der Waals surface area contributed by atoms with Crippen LogP contribution in [0.15, 0.2) is 0 Å². The number of carboxylic acid groups (broad SMARTS) is 1. The van der Waals surface area contributed by atoms with E-state index in [0.29, 0.717) is 0 Å². The van der Waals surface area contributed by atoms with Crippen molar-refractivity contribution in [2.75, 3.05) is 6.61 Å². The van der Waals surface area contributed by atoms with Gasteiger partial charge in [-0.05, 0) is 0 Å². The molecular formula is C6H12O4. The second-order valence-corrected chi connectivity index (χ2v) is 2.89. The Kier molecular flexibility index (Phi) is 2.80. The quantitative estimate of drug-likeness (QED) is 0.502. The summed E-state index contributed by atoms with van der Waals surface area (Å²) < 4.78 is 0. The van der Waals surface area contributed by atoms with Crippen molar-refractivity contribution in [2.24, 2.45) is 5.41 Å². The zero-order valence-electron chi connectivity index (χ0n) is 6.03. The average molecular weight is 148 g/mol. The molecule has 0 aromatic heterocycles. The lowest BCUT2D eigenvalue weighted by Gasteiger charge is -2.24. The minimum Gasteiger partial charge on any atom is -0.479 e. The summed E-state index contributed by atoms with van der Waals surface area (Å²) in [5.74, 6) is -1.31. The Balaban J connectivity index is 4.17. The molecule has 0 aliphatic carbocycles. The fourth-order valence-corrected chi connectivity index (χ4v) is 0.421. The second kappa shape index (κ2) is 2.98. The third-order valence-electron chi connectivity index (χ3n) is 1.38. The largest absolute Gasteiger partial charge is 0.479 e. The molecular weight excluding hydrogens is 136 g/mol. The van der Waals surface area contributed by atoms with Crippen LogP contribution >= 0.6 is 0 Å². The van der Waals surface area contributed by atoms with E-state index in [1.54, 1.807) is 0 Å². The zero-order chi connectivity index (χ0) is 8.36. The summed E-state index contributed by atoms with van der Waals surface area (Å²) in [5.41, 5.74) is -0.966. The molecule has 0 aromatic rings. The van der Waals surface area contributed by atoms with Gasteiger partial charge in [0.25, 0.3) is 0 Å². The van der Waals surface area contributed by atoms with Crippen molar-refractivity contribution in [3.05, 3.63) is 0 Å². The fraction of sp³-hybridized carbons (Fsp3) is 0.833. The van der Waals surface area contributed by atoms with E-state index in [1.165, 1.54) is 13.8 Å². The van der Waals surface area contributed by atoms with E-state index in [-0.39, 0.29) is 6.61 Å². The van der Waals surface area contributed by atoms with Crippen molar-refractivity contribution in [1.29, 1.82) is 0 Å². The van der Waals surface area contributed by atoms with E-state index >= 15 is 0 Å². The van der Waals surface area contributed by atoms with Crippen molar-refractivity contribution in [3.8, 4) is 0 Å². The van der Waals surface area contributed by atoms with Crippen molar-refractivity contribution in [1.82, 2.24) is 0 Å². The molecule has 0 bridgehead atoms. The van der Waals surface area contributed by atoms with Gasteiger partial charge in [0.15, 0.2) is 6.10 Å². The molecule has 10 heavy (non-hydrogen) atoms. The van der Waals surface area contributed by atoms with Crippen molar-refractivity contribution in [2.45, 2.75) is 20.0 Å². The van der Waals surface area contributed by atoms with Crippen LogP contribution in [0.4, 0.5) is 0 Å². The SMILES string of the molecule is CC(C)(CO)[C@H](O)C(=O)O. The van der Waals surface area contributed by atoms with Gasteiger partial charge in [-0.3, -0.25) is 0 Å². The number of hydrogen-bond acceptors (Lipinski definition) is 3. The Labute approximate surface area is 59.1 Å². The maximum atomic E-state index is 10.1. The van der Waals surface area contributed by atoms with E-state index < -0.39 is 17.5 Å². The van der Waals surface area contributed by atoms with Crippen LogP contribution < -0.4 is 0 Å². The molecule has 1 atom stereocenters. The monoisotopic (exact) mass is 148 g/mol. The molecule has 0 rings (SSSR count). The van der Waals surface area contributed by atoms with Crippen LogP contribution in [0.1, 0.15) is 13.8 Å². The van der Waals surface area contributed by atoms with Crippen molar-refractivity contribution < 1.29 is 20.1 Å². The highest BCUT2D eigenvalue weighted by atomic mass is 16.4. The number of hydrogen-bond donors (Lipinski definition) is 3. The molecule has 3 N–H and O–H groups in total. The molecule has 0 fully saturated rings. The first-order chi connectivity index (χ1) is 4.41. The molecule has 0 saturated heterocycles. The molecule has 0 saturated carbocycles. The third-order valence-corrected chi connectivity index (χ3v) is 1.38. The van der Waals surface area contributed by atoms with Crippen LogP contribution in [0.2, 0.25) is 0 Å². The van der Waals surface area contributed by atoms with Crippen LogP contribution in [-0.4, -0.2) is 34.0 Å². The van der Waals surface area contributed by atoms with Gasteiger partial charge in [0.05, 0.1) is 6.61 Å². The standard InChI is InChI=1S/C6H12O4/c1-6(2,3-7)4(8)5(9)10/h4,7-8H,3H2,1-2H3,(H,9,10)/t4-/m1/s1. The van der Waals surface area contributed by atoms with Gasteiger partial charge in [-0.1, -0.05) is 13.8 Å². The predicted molar refractivity (Wildman–Crippen MR) is 34.5 cm³/mol. The van der Waals surface area contributed by atoms with E-state index in [9.17, 15) is 4.79 Å². The van der Waals surface area contributed by atoms with E-state index in [2.05, 4.69) is 0 Å². The predicted octanol–water partition coefficient (Wildman–Crippen LogP) is -0.550. The van der Waals surface area contributed by atoms with Crippen molar-refractivity contribution >= 4 is 5.97 Å². The summed E-state index contributed by atoms with van der Waals surface area (Å²) >= 11 is 0. The van der Waals surface area contributed by atoms with Gasteiger partial charge in [0.1, 0.15) is 0 Å². The smallest absolute Gasteiger partial charge is 0.333 e. The van der Waals surface area contributed by atoms with Gasteiger partial charge in [-0.2, -0.15) is 0 Å². The molecule has 0 radical (unpaired) electrons. The van der Waals surface area contributed by atoms with Crippen LogP contribution in [0.25, 0.3) is 0 Å². The number of carboxylic acids is 1. The highest BCUT2D eigenvalue weighted by Crippen LogP contribution is 2.19. The lowest BCUT2D eigenvalue weighted by molar-refractivity contribution is -0.154. The van der Waals surface area contributed by atoms with E-state index in [0.717, 1.165) is 0 Å². The Morgan fingerprint density at radius 1 is 1.60 bits per heavy atom. The minimum absolute atomic E-state index is 0.347. The summed E-state index contributed by atoms with van der Waals surface area (Å²) in [6.45, 7) is 2.61. The van der Waals surface area contributed by atoms with Crippen molar-refractivity contribution in [3.63, 3.8) is 0 Å². The number of aliphatic hydroxyl groups excluding tert-OH is 2. The third kappa shape index (κ3) is 1.97. The topological polar surface area (TPSA) is 77.8 Å². The molecule has 0 amide bonds. The maximum Gasteiger partial charge on any atom is 0.333 e. The molecule has 0 aliphatic heterocycles. The summed E-state index contributed by atoms with van der Waals surface area (Å²) in [7, 11) is 0. The fourth-order valence-electron chi connectivity index (χ4n) is 0.421. The number of aliphatic hydroxyl groups is 2. The summed E-state index contributed by atoms with van der Waals surface area (Å²) in [4.78, 5) is 10.1. The highest BCUT2D eigenvalue weighted by molar-refractivity contribution is 5.72. The lowest BCUT2D eigenvalue weighted by atomic mass is 9.88. The highest BCUT2D eigenvalue weighted by Gasteiger charge is 2.32. The Bertz CT molecular complexity index is 130. The van der Waals surface area contributed by atoms with Gasteiger partial charge < -0.3 is 15.3 Å². The molecule has 60 valence electrons. The van der Waals surface area contributed by atoms with Gasteiger partial charge >= 0.3 is 5.97 Å². The molecule has 4 heteroatoms. The molecule has 4 nitrogen and oxygen atoms in total. The van der Waals surface area contributed by atoms with Gasteiger partial charge in [0.2, 0.25) is 0 Å². The molecule has 0 aliphatic rings. The minimum atomic E-state index is -1.50. The van der Waals surface area contributed by atoms with E-state index in [4.69, 9.17) is 15.3 Å². The molecule has 0 unspecified atom stereocenters. The summed E-state index contributed by atoms with van der Waals surface area (Å²) in [6, 6.07) is 0. The first-order valence-corrected chi connectivity index (χ1v) is 2.93. The van der Waals surface area contributed by atoms with Gasteiger partial charge in [-0.15, -0.1) is 0 Å². The summed E-state index contributed by atoms with van der Waals surface area (Å²) in [6.07, 6.45) is -1.50. The summed E-state index contributed by atoms with van der Waals surface area (Å²) in [5, 5.41) is 25.8. The normalized spacial score (nSPS) is 14.8. The maximum absolute atomic E-state index is 10.1. The van der Waals surface area contributed by atoms with Crippen LogP contribution in [-0.2, 0) is 4.79 Å². The zero-order valence-corrected chi connectivity index (χ0v) is 6.03. The van der Waals surface area contributed by atoms with Gasteiger partial charge in [0, 0.05) is 5.41 Å². The average Bonchev–Trinajstić information content (AvgIpc) is 1.86. The first kappa shape index (κ1) is 9.39. The molecule has 0 heterocycles. The Morgan fingerprint density at radius 3 is 2.10 bits per heavy atom. The van der Waals surface area contributed by atoms with Crippen LogP contribution in [0, 0.1) is 5.41 Å². The Hall–Kier alpha value is -0.610. The molecule has 0 spiro atoms. The molecule has 0 aromatic carbocycles. The first-order valence-electron chi connectivity index (χ1n) is 2.93. The second-order valence-electron chi connectivity index (χ2n) is 2.89. The Morgan fingerprint density at radius 2 is 2.00 bits per heavy atom. The number of rotatable bonds is 3. The van der Waals surface area contributed by atoms with Crippen LogP contribution in [0.5, 0.6) is 0 Å².